The van der Waals surface area contributed by atoms with Crippen molar-refractivity contribution in [3.63, 3.8) is 0 Å². The SMILES string of the molecule is Cc1nc(CSc2ncc(-c3ccccc3)n2C)no1. The number of nitrogens with zero attached hydrogens (tertiary/aromatic N) is 4. The van der Waals surface area contributed by atoms with Crippen LogP contribution in [0.15, 0.2) is 46.2 Å². The Labute approximate surface area is 121 Å². The highest BCUT2D eigenvalue weighted by molar-refractivity contribution is 7.98. The highest BCUT2D eigenvalue weighted by Crippen LogP contribution is 2.26. The van der Waals surface area contributed by atoms with Crippen LogP contribution in [0.3, 0.4) is 0 Å². The Kier molecular flexibility index (Phi) is 3.56. The number of imidazole rings is 1. The van der Waals surface area contributed by atoms with Gasteiger partial charge in [0.15, 0.2) is 11.0 Å². The molecule has 0 aliphatic rings. The third kappa shape index (κ3) is 2.60. The Balaban J connectivity index is 1.77. The summed E-state index contributed by atoms with van der Waals surface area (Å²) in [5, 5.41) is 4.82. The van der Waals surface area contributed by atoms with Crippen LogP contribution in [0, 0.1) is 6.92 Å². The van der Waals surface area contributed by atoms with Crippen molar-refractivity contribution in [2.24, 2.45) is 7.05 Å². The fourth-order valence-corrected chi connectivity index (χ4v) is 2.73. The number of benzene rings is 1. The first-order chi connectivity index (χ1) is 9.74. The van der Waals surface area contributed by atoms with Crippen LogP contribution in [-0.4, -0.2) is 19.7 Å². The molecule has 102 valence electrons. The van der Waals surface area contributed by atoms with Gasteiger partial charge in [-0.15, -0.1) is 0 Å². The first-order valence-electron chi connectivity index (χ1n) is 6.23. The van der Waals surface area contributed by atoms with E-state index in [1.54, 1.807) is 18.7 Å². The van der Waals surface area contributed by atoms with Crippen molar-refractivity contribution in [3.8, 4) is 11.3 Å². The molecule has 0 saturated carbocycles. The van der Waals surface area contributed by atoms with Crippen LogP contribution in [0.25, 0.3) is 11.3 Å². The van der Waals surface area contributed by atoms with Gasteiger partial charge in [0, 0.05) is 14.0 Å². The van der Waals surface area contributed by atoms with E-state index < -0.39 is 0 Å². The summed E-state index contributed by atoms with van der Waals surface area (Å²) in [6, 6.07) is 10.2. The molecule has 0 saturated heterocycles. The van der Waals surface area contributed by atoms with Gasteiger partial charge in [0.1, 0.15) is 0 Å². The predicted octanol–water partition coefficient (Wildman–Crippen LogP) is 3.07. The lowest BCUT2D eigenvalue weighted by Gasteiger charge is -2.04. The van der Waals surface area contributed by atoms with Gasteiger partial charge in [0.2, 0.25) is 5.89 Å². The molecular weight excluding hydrogens is 272 g/mol. The van der Waals surface area contributed by atoms with Crippen molar-refractivity contribution in [1.82, 2.24) is 19.7 Å². The molecule has 0 unspecified atom stereocenters. The maximum absolute atomic E-state index is 4.96. The zero-order chi connectivity index (χ0) is 13.9. The van der Waals surface area contributed by atoms with Crippen LogP contribution >= 0.6 is 11.8 Å². The molecule has 3 aromatic rings. The van der Waals surface area contributed by atoms with Gasteiger partial charge in [-0.05, 0) is 5.56 Å². The summed E-state index contributed by atoms with van der Waals surface area (Å²) in [5.74, 6) is 1.93. The Hall–Kier alpha value is -2.08. The normalized spacial score (nSPS) is 10.9. The molecule has 0 amide bonds. The Morgan fingerprint density at radius 1 is 1.25 bits per heavy atom. The number of aromatic nitrogens is 4. The Bertz CT molecular complexity index is 705. The van der Waals surface area contributed by atoms with E-state index >= 15 is 0 Å². The molecule has 0 atom stereocenters. The maximum atomic E-state index is 4.96. The average molecular weight is 286 g/mol. The zero-order valence-electron chi connectivity index (χ0n) is 11.3. The zero-order valence-corrected chi connectivity index (χ0v) is 12.1. The van der Waals surface area contributed by atoms with Gasteiger partial charge in [-0.1, -0.05) is 47.3 Å². The lowest BCUT2D eigenvalue weighted by Crippen LogP contribution is -1.95. The molecule has 20 heavy (non-hydrogen) atoms. The molecule has 0 radical (unpaired) electrons. The first-order valence-corrected chi connectivity index (χ1v) is 7.22. The van der Waals surface area contributed by atoms with E-state index in [9.17, 15) is 0 Å². The summed E-state index contributed by atoms with van der Waals surface area (Å²) in [4.78, 5) is 8.64. The van der Waals surface area contributed by atoms with Gasteiger partial charge < -0.3 is 9.09 Å². The highest BCUT2D eigenvalue weighted by Gasteiger charge is 2.10. The van der Waals surface area contributed by atoms with Gasteiger partial charge in [0.05, 0.1) is 17.6 Å². The minimum Gasteiger partial charge on any atom is -0.340 e. The highest BCUT2D eigenvalue weighted by atomic mass is 32.2. The van der Waals surface area contributed by atoms with E-state index in [1.807, 2.05) is 31.4 Å². The number of aryl methyl sites for hydroxylation is 1. The lowest BCUT2D eigenvalue weighted by molar-refractivity contribution is 0.389. The molecule has 0 spiro atoms. The third-order valence-electron chi connectivity index (χ3n) is 2.92. The summed E-state index contributed by atoms with van der Waals surface area (Å²) in [6.07, 6.45) is 1.89. The molecule has 0 fully saturated rings. The van der Waals surface area contributed by atoms with Crippen molar-refractivity contribution in [2.75, 3.05) is 0 Å². The molecule has 5 nitrogen and oxygen atoms in total. The Morgan fingerprint density at radius 3 is 2.75 bits per heavy atom. The summed E-state index contributed by atoms with van der Waals surface area (Å²) in [6.45, 7) is 1.79. The van der Waals surface area contributed by atoms with Gasteiger partial charge in [0.25, 0.3) is 0 Å². The van der Waals surface area contributed by atoms with E-state index in [2.05, 4.69) is 31.8 Å². The molecule has 3 rings (SSSR count). The van der Waals surface area contributed by atoms with E-state index in [1.165, 1.54) is 0 Å². The van der Waals surface area contributed by atoms with Crippen molar-refractivity contribution >= 4 is 11.8 Å². The van der Waals surface area contributed by atoms with E-state index in [0.29, 0.717) is 17.5 Å². The number of rotatable bonds is 4. The minimum absolute atomic E-state index is 0.588. The van der Waals surface area contributed by atoms with Crippen LogP contribution in [0.2, 0.25) is 0 Å². The average Bonchev–Trinajstić information content (AvgIpc) is 3.04. The molecule has 6 heteroatoms. The maximum Gasteiger partial charge on any atom is 0.223 e. The van der Waals surface area contributed by atoms with Crippen LogP contribution in [0.5, 0.6) is 0 Å². The summed E-state index contributed by atoms with van der Waals surface area (Å²) in [7, 11) is 2.01. The fraction of sp³-hybridized carbons (Fsp3) is 0.214. The summed E-state index contributed by atoms with van der Waals surface area (Å²) in [5.41, 5.74) is 2.25. The smallest absolute Gasteiger partial charge is 0.223 e. The van der Waals surface area contributed by atoms with Crippen molar-refractivity contribution in [3.05, 3.63) is 48.2 Å². The van der Waals surface area contributed by atoms with E-state index in [0.717, 1.165) is 16.4 Å². The van der Waals surface area contributed by atoms with E-state index in [-0.39, 0.29) is 0 Å². The van der Waals surface area contributed by atoms with Crippen molar-refractivity contribution < 1.29 is 4.52 Å². The number of thioether (sulfide) groups is 1. The third-order valence-corrected chi connectivity index (χ3v) is 3.96. The van der Waals surface area contributed by atoms with Crippen LogP contribution in [0.1, 0.15) is 11.7 Å². The monoisotopic (exact) mass is 286 g/mol. The van der Waals surface area contributed by atoms with Gasteiger partial charge >= 0.3 is 0 Å². The summed E-state index contributed by atoms with van der Waals surface area (Å²) < 4.78 is 7.03. The number of hydrogen-bond donors (Lipinski definition) is 0. The van der Waals surface area contributed by atoms with Crippen molar-refractivity contribution in [2.45, 2.75) is 17.8 Å². The largest absolute Gasteiger partial charge is 0.340 e. The molecule has 1 aromatic carbocycles. The topological polar surface area (TPSA) is 56.7 Å². The molecular formula is C14H14N4OS. The lowest BCUT2D eigenvalue weighted by atomic mass is 10.2. The fourth-order valence-electron chi connectivity index (χ4n) is 1.93. The number of hydrogen-bond acceptors (Lipinski definition) is 5. The molecule has 2 aromatic heterocycles. The second-order valence-corrected chi connectivity index (χ2v) is 5.31. The van der Waals surface area contributed by atoms with Gasteiger partial charge in [-0.25, -0.2) is 4.98 Å². The van der Waals surface area contributed by atoms with Crippen LogP contribution in [0.4, 0.5) is 0 Å². The predicted molar refractivity (Wildman–Crippen MR) is 77.2 cm³/mol. The molecule has 0 aliphatic carbocycles. The van der Waals surface area contributed by atoms with E-state index in [4.69, 9.17) is 4.52 Å². The minimum atomic E-state index is 0.588. The quantitative estimate of drug-likeness (QED) is 0.690. The summed E-state index contributed by atoms with van der Waals surface area (Å²) >= 11 is 1.60. The second-order valence-electron chi connectivity index (χ2n) is 4.37. The standard InChI is InChI=1S/C14H14N4OS/c1-10-16-13(17-19-10)9-20-14-15-8-12(18(14)2)11-6-4-3-5-7-11/h3-8H,9H2,1-2H3. The Morgan fingerprint density at radius 2 is 2.05 bits per heavy atom. The molecule has 0 N–H and O–H groups in total. The first kappa shape index (κ1) is 12.9. The molecule has 0 aliphatic heterocycles. The van der Waals surface area contributed by atoms with Crippen molar-refractivity contribution in [1.29, 1.82) is 0 Å². The second kappa shape index (κ2) is 5.50. The van der Waals surface area contributed by atoms with Gasteiger partial charge in [-0.2, -0.15) is 4.98 Å². The molecule has 2 heterocycles. The molecule has 0 bridgehead atoms. The van der Waals surface area contributed by atoms with Crippen LogP contribution in [-0.2, 0) is 12.8 Å². The van der Waals surface area contributed by atoms with Gasteiger partial charge in [-0.3, -0.25) is 0 Å². The van der Waals surface area contributed by atoms with Crippen LogP contribution < -0.4 is 0 Å².